The molecule has 1 saturated heterocycles. The van der Waals surface area contributed by atoms with Gasteiger partial charge in [0, 0.05) is 6.54 Å². The Morgan fingerprint density at radius 2 is 1.95 bits per heavy atom. The molecule has 2 rings (SSSR count). The smallest absolute Gasteiger partial charge is 0.483 e. The maximum Gasteiger partial charge on any atom is 1.00 e. The molecule has 5 nitrogen and oxygen atoms in total. The van der Waals surface area contributed by atoms with Gasteiger partial charge in [-0.2, -0.15) is 6.42 Å². The van der Waals surface area contributed by atoms with Crippen molar-refractivity contribution in [2.75, 3.05) is 13.1 Å². The van der Waals surface area contributed by atoms with Gasteiger partial charge in [-0.05, 0) is 12.1 Å². The van der Waals surface area contributed by atoms with Crippen LogP contribution in [0.3, 0.4) is 0 Å². The largest absolute Gasteiger partial charge is 1.00 e. The van der Waals surface area contributed by atoms with Crippen molar-refractivity contribution in [2.24, 2.45) is 0 Å². The molecule has 1 aromatic carbocycles. The van der Waals surface area contributed by atoms with Gasteiger partial charge >= 0.3 is 18.9 Å². The van der Waals surface area contributed by atoms with E-state index in [-0.39, 0.29) is 35.3 Å². The Morgan fingerprint density at radius 3 is 2.45 bits per heavy atom. The van der Waals surface area contributed by atoms with Crippen molar-refractivity contribution < 1.29 is 37.2 Å². The van der Waals surface area contributed by atoms with Crippen molar-refractivity contribution in [3.05, 3.63) is 35.7 Å². The molecule has 0 unspecified atom stereocenters. The van der Waals surface area contributed by atoms with Crippen LogP contribution in [0.1, 0.15) is 12.8 Å². The summed E-state index contributed by atoms with van der Waals surface area (Å²) in [5.41, 5.74) is 0. The number of sulfonamides is 1. The topological polar surface area (TPSA) is 74.7 Å². The Labute approximate surface area is 136 Å². The van der Waals surface area contributed by atoms with Gasteiger partial charge in [0.15, 0.2) is 0 Å². The zero-order valence-corrected chi connectivity index (χ0v) is 12.8. The number of hydrogen-bond donors (Lipinski definition) is 1. The molecule has 1 aliphatic heterocycles. The molecule has 106 valence electrons. The number of carboxylic acid groups (broad SMARTS) is 1. The summed E-state index contributed by atoms with van der Waals surface area (Å²) in [6.45, 7) is 0.803. The number of hydrogen-bond acceptors (Lipinski definition) is 3. The second kappa shape index (κ2) is 9.43. The first-order chi connectivity index (χ1) is 9.04. The van der Waals surface area contributed by atoms with E-state index in [0.717, 1.165) is 12.8 Å². The van der Waals surface area contributed by atoms with E-state index >= 15 is 0 Å². The van der Waals surface area contributed by atoms with Crippen molar-refractivity contribution >= 4 is 28.1 Å². The minimum Gasteiger partial charge on any atom is -0.483 e. The molecular weight excluding hydrogens is 297 g/mol. The van der Waals surface area contributed by atoms with Crippen molar-refractivity contribution in [2.45, 2.75) is 17.7 Å². The average molecular weight is 312 g/mol. The molecule has 0 saturated carbocycles. The normalized spacial score (nSPS) is 15.4. The van der Waals surface area contributed by atoms with E-state index in [1.165, 1.54) is 4.31 Å². The predicted octanol–water partition coefficient (Wildman–Crippen LogP) is -0.966. The maximum atomic E-state index is 12.2. The van der Waals surface area contributed by atoms with Gasteiger partial charge in [0.05, 0.1) is 5.02 Å². The van der Waals surface area contributed by atoms with E-state index in [9.17, 15) is 8.42 Å². The molecule has 1 heterocycles. The summed E-state index contributed by atoms with van der Waals surface area (Å²) in [6.07, 6.45) is 3.84. The molecule has 1 N–H and O–H groups in total. The number of carbonyl (C=O) groups is 1. The summed E-state index contributed by atoms with van der Waals surface area (Å²) in [6, 6.07) is 6.56. The first-order valence-electron chi connectivity index (χ1n) is 5.68. The van der Waals surface area contributed by atoms with Crippen LogP contribution in [0.5, 0.6) is 0 Å². The number of halogens is 1. The number of benzene rings is 1. The summed E-state index contributed by atoms with van der Waals surface area (Å²) in [4.78, 5) is 8.56. The van der Waals surface area contributed by atoms with Crippen molar-refractivity contribution in [1.82, 2.24) is 4.31 Å². The van der Waals surface area contributed by atoms with Crippen LogP contribution in [0.25, 0.3) is 0 Å². The van der Waals surface area contributed by atoms with Crippen LogP contribution in [0.15, 0.2) is 29.2 Å². The fourth-order valence-electron chi connectivity index (χ4n) is 1.75. The third-order valence-corrected chi connectivity index (χ3v) is 4.97. The maximum absolute atomic E-state index is 12.2. The van der Waals surface area contributed by atoms with Gasteiger partial charge in [0.2, 0.25) is 10.0 Å². The predicted molar refractivity (Wildman–Crippen MR) is 72.4 cm³/mol. The third kappa shape index (κ3) is 5.11. The second-order valence-corrected chi connectivity index (χ2v) is 6.14. The van der Waals surface area contributed by atoms with Crippen molar-refractivity contribution in [3.63, 3.8) is 0 Å². The van der Waals surface area contributed by atoms with Crippen LogP contribution in [-0.2, 0) is 14.8 Å². The van der Waals surface area contributed by atoms with Gasteiger partial charge in [-0.3, -0.25) is 4.79 Å². The van der Waals surface area contributed by atoms with Gasteiger partial charge in [0.1, 0.15) is 4.90 Å². The molecule has 0 amide bonds. The molecule has 1 fully saturated rings. The average Bonchev–Trinajstić information content (AvgIpc) is 2.41. The molecule has 1 aromatic rings. The van der Waals surface area contributed by atoms with Gasteiger partial charge < -0.3 is 11.5 Å². The van der Waals surface area contributed by atoms with Crippen LogP contribution < -0.4 is 18.9 Å². The summed E-state index contributed by atoms with van der Waals surface area (Å²) >= 11 is 5.91. The molecule has 1 aliphatic rings. The fourth-order valence-corrected chi connectivity index (χ4v) is 3.69. The summed E-state index contributed by atoms with van der Waals surface area (Å²) in [7, 11) is -3.42. The molecule has 0 radical (unpaired) electrons. The van der Waals surface area contributed by atoms with E-state index < -0.39 is 10.0 Å². The number of piperidine rings is 1. The Balaban J connectivity index is 0.000000830. The van der Waals surface area contributed by atoms with Crippen LogP contribution in [0, 0.1) is 6.42 Å². The first kappa shape index (κ1) is 19.5. The van der Waals surface area contributed by atoms with Gasteiger partial charge in [-0.1, -0.05) is 30.2 Å². The number of rotatable bonds is 2. The van der Waals surface area contributed by atoms with Crippen LogP contribution >= 0.6 is 11.6 Å². The molecule has 0 atom stereocenters. The van der Waals surface area contributed by atoms with E-state index in [1.54, 1.807) is 24.3 Å². The van der Waals surface area contributed by atoms with Crippen LogP contribution in [0.2, 0.25) is 5.02 Å². The summed E-state index contributed by atoms with van der Waals surface area (Å²) in [5, 5.41) is 7.17. The second-order valence-electron chi connectivity index (χ2n) is 3.83. The Hall–Kier alpha value is -0.513. The standard InChI is InChI=1S/C11H13ClNO2S.CH2O2.Li/c12-10-6-2-3-7-11(10)16(14,15)13-8-4-1-5-9-13;2-1-3;/h2-4,6-7H,1,5,8-9H2;1H,(H,2,3);/q-1;;+1. The minimum absolute atomic E-state index is 0. The molecule has 0 bridgehead atoms. The molecule has 8 heteroatoms. The summed E-state index contributed by atoms with van der Waals surface area (Å²) in [5.74, 6) is 0. The van der Waals surface area contributed by atoms with Gasteiger partial charge in [-0.25, -0.2) is 12.7 Å². The van der Waals surface area contributed by atoms with E-state index in [1.807, 2.05) is 6.42 Å². The Bertz CT molecular complexity index is 518. The fraction of sp³-hybridized carbons (Fsp3) is 0.333. The molecule has 0 aliphatic carbocycles. The third-order valence-electron chi connectivity index (χ3n) is 2.60. The van der Waals surface area contributed by atoms with E-state index in [2.05, 4.69) is 0 Å². The van der Waals surface area contributed by atoms with Gasteiger partial charge in [0.25, 0.3) is 6.47 Å². The van der Waals surface area contributed by atoms with E-state index in [0.29, 0.717) is 13.1 Å². The van der Waals surface area contributed by atoms with Crippen molar-refractivity contribution in [3.8, 4) is 0 Å². The summed E-state index contributed by atoms with van der Waals surface area (Å²) < 4.78 is 25.9. The SMILES string of the molecule is O=CO.O=S(=O)(c1ccccc1Cl)N1C[CH-]CCC1.[Li+]. The van der Waals surface area contributed by atoms with Crippen LogP contribution in [0.4, 0.5) is 0 Å². The zero-order valence-electron chi connectivity index (χ0n) is 11.2. The van der Waals surface area contributed by atoms with Crippen molar-refractivity contribution in [1.29, 1.82) is 0 Å². The molecular formula is C12H15ClLiNO4S. The monoisotopic (exact) mass is 311 g/mol. The molecule has 0 spiro atoms. The Morgan fingerprint density at radius 1 is 1.35 bits per heavy atom. The van der Waals surface area contributed by atoms with Gasteiger partial charge in [-0.15, -0.1) is 6.54 Å². The molecule has 20 heavy (non-hydrogen) atoms. The number of nitrogens with zero attached hydrogens (tertiary/aromatic N) is 1. The zero-order chi connectivity index (χ0) is 14.3. The Kier molecular flexibility index (Phi) is 9.19. The minimum atomic E-state index is -3.42. The molecule has 0 aromatic heterocycles. The van der Waals surface area contributed by atoms with E-state index in [4.69, 9.17) is 21.5 Å². The quantitative estimate of drug-likeness (QED) is 0.433. The van der Waals surface area contributed by atoms with Crippen LogP contribution in [-0.4, -0.2) is 37.4 Å². The first-order valence-corrected chi connectivity index (χ1v) is 7.50.